The summed E-state index contributed by atoms with van der Waals surface area (Å²) >= 11 is 0. The zero-order chi connectivity index (χ0) is 15.9. The van der Waals surface area contributed by atoms with E-state index in [1.807, 2.05) is 0 Å². The van der Waals surface area contributed by atoms with Gasteiger partial charge >= 0.3 is 11.9 Å². The Morgan fingerprint density at radius 1 is 1.00 bits per heavy atom. The molecule has 0 bridgehead atoms. The molecule has 2 rings (SSSR count). The molecular formula is C17H25NO4. The summed E-state index contributed by atoms with van der Waals surface area (Å²) in [5.74, 6) is -0.622. The highest BCUT2D eigenvalue weighted by atomic mass is 16.5. The second kappa shape index (κ2) is 8.01. The summed E-state index contributed by atoms with van der Waals surface area (Å²) in [5, 5.41) is 2.91. The van der Waals surface area contributed by atoms with Crippen molar-refractivity contribution < 1.29 is 19.1 Å². The Kier molecular flexibility index (Phi) is 6.04. The molecule has 0 atom stereocenters. The first kappa shape index (κ1) is 16.6. The van der Waals surface area contributed by atoms with Gasteiger partial charge in [-0.2, -0.15) is 0 Å². The lowest BCUT2D eigenvalue weighted by molar-refractivity contribution is -0.140. The van der Waals surface area contributed by atoms with Crippen molar-refractivity contribution in [3.63, 3.8) is 0 Å². The van der Waals surface area contributed by atoms with Gasteiger partial charge in [0, 0.05) is 18.3 Å². The normalized spacial score (nSPS) is 19.7. The molecule has 0 aromatic carbocycles. The van der Waals surface area contributed by atoms with E-state index in [1.54, 1.807) is 26.2 Å². The molecule has 22 heavy (non-hydrogen) atoms. The number of hydrogen-bond acceptors (Lipinski definition) is 5. The van der Waals surface area contributed by atoms with Crippen LogP contribution in [0.2, 0.25) is 0 Å². The van der Waals surface area contributed by atoms with Gasteiger partial charge in [-0.3, -0.25) is 0 Å². The second-order valence-corrected chi connectivity index (χ2v) is 5.68. The molecule has 1 fully saturated rings. The van der Waals surface area contributed by atoms with Gasteiger partial charge in [-0.25, -0.2) is 9.59 Å². The fourth-order valence-corrected chi connectivity index (χ4v) is 3.34. The fourth-order valence-electron chi connectivity index (χ4n) is 3.34. The minimum Gasteiger partial charge on any atom is -0.463 e. The predicted octanol–water partition coefficient (Wildman–Crippen LogP) is 2.68. The van der Waals surface area contributed by atoms with Gasteiger partial charge < -0.3 is 14.8 Å². The maximum absolute atomic E-state index is 12.3. The standard InChI is InChI=1S/C17H25NO4/c1-3-21-16(19)13-10-18-11-14(17(20)22-4-2)15(13)12-8-6-5-7-9-12/h10-12,15,18H,3-9H2,1-2H3. The van der Waals surface area contributed by atoms with Crippen molar-refractivity contribution in [3.8, 4) is 0 Å². The molecule has 1 heterocycles. The third kappa shape index (κ3) is 3.70. The van der Waals surface area contributed by atoms with Crippen molar-refractivity contribution in [2.75, 3.05) is 13.2 Å². The van der Waals surface area contributed by atoms with Crippen LogP contribution in [0, 0.1) is 11.8 Å². The third-order valence-electron chi connectivity index (χ3n) is 4.29. The van der Waals surface area contributed by atoms with Gasteiger partial charge in [0.1, 0.15) is 0 Å². The van der Waals surface area contributed by atoms with Crippen LogP contribution in [0.5, 0.6) is 0 Å². The first-order chi connectivity index (χ1) is 10.7. The SMILES string of the molecule is CCOC(=O)C1=CNC=C(C(=O)OCC)C1C1CCCCC1. The lowest BCUT2D eigenvalue weighted by Crippen LogP contribution is -2.34. The summed E-state index contributed by atoms with van der Waals surface area (Å²) in [4.78, 5) is 24.5. The van der Waals surface area contributed by atoms with E-state index in [-0.39, 0.29) is 17.9 Å². The smallest absolute Gasteiger partial charge is 0.336 e. The Morgan fingerprint density at radius 3 is 1.95 bits per heavy atom. The molecule has 5 nitrogen and oxygen atoms in total. The quantitative estimate of drug-likeness (QED) is 0.791. The molecule has 1 saturated carbocycles. The lowest BCUT2D eigenvalue weighted by Gasteiger charge is -2.33. The summed E-state index contributed by atoms with van der Waals surface area (Å²) < 4.78 is 10.3. The van der Waals surface area contributed by atoms with Gasteiger partial charge in [-0.15, -0.1) is 0 Å². The van der Waals surface area contributed by atoms with E-state index in [2.05, 4.69) is 5.32 Å². The Morgan fingerprint density at radius 2 is 1.50 bits per heavy atom. The van der Waals surface area contributed by atoms with Crippen molar-refractivity contribution in [1.29, 1.82) is 0 Å². The van der Waals surface area contributed by atoms with Crippen LogP contribution in [0.4, 0.5) is 0 Å². The summed E-state index contributed by atoms with van der Waals surface area (Å²) in [6.07, 6.45) is 8.89. The van der Waals surface area contributed by atoms with Crippen LogP contribution in [0.1, 0.15) is 46.0 Å². The van der Waals surface area contributed by atoms with E-state index < -0.39 is 0 Å². The average Bonchev–Trinajstić information content (AvgIpc) is 2.55. The molecule has 1 aliphatic heterocycles. The number of carbonyl (C=O) groups excluding carboxylic acids is 2. The average molecular weight is 307 g/mol. The van der Waals surface area contributed by atoms with Gasteiger partial charge in [0.25, 0.3) is 0 Å². The number of hydrogen-bond donors (Lipinski definition) is 1. The fraction of sp³-hybridized carbons (Fsp3) is 0.647. The molecule has 122 valence electrons. The second-order valence-electron chi connectivity index (χ2n) is 5.68. The van der Waals surface area contributed by atoms with E-state index in [1.165, 1.54) is 6.42 Å². The first-order valence-corrected chi connectivity index (χ1v) is 8.19. The zero-order valence-corrected chi connectivity index (χ0v) is 13.4. The third-order valence-corrected chi connectivity index (χ3v) is 4.29. The maximum atomic E-state index is 12.3. The Hall–Kier alpha value is -1.78. The number of esters is 2. The van der Waals surface area contributed by atoms with Gasteiger partial charge in [-0.05, 0) is 32.6 Å². The van der Waals surface area contributed by atoms with Crippen LogP contribution in [0.15, 0.2) is 23.5 Å². The maximum Gasteiger partial charge on any atom is 0.336 e. The lowest BCUT2D eigenvalue weighted by atomic mass is 9.72. The van der Waals surface area contributed by atoms with Crippen LogP contribution < -0.4 is 5.32 Å². The van der Waals surface area contributed by atoms with Crippen molar-refractivity contribution in [2.45, 2.75) is 46.0 Å². The summed E-state index contributed by atoms with van der Waals surface area (Å²) in [6, 6.07) is 0. The van der Waals surface area contributed by atoms with Crippen molar-refractivity contribution in [3.05, 3.63) is 23.5 Å². The molecule has 0 radical (unpaired) electrons. The zero-order valence-electron chi connectivity index (χ0n) is 13.4. The first-order valence-electron chi connectivity index (χ1n) is 8.19. The largest absolute Gasteiger partial charge is 0.463 e. The summed E-state index contributed by atoms with van der Waals surface area (Å²) in [5.41, 5.74) is 1.08. The number of rotatable bonds is 5. The van der Waals surface area contributed by atoms with Gasteiger partial charge in [0.2, 0.25) is 0 Å². The molecule has 0 unspecified atom stereocenters. The Balaban J connectivity index is 2.26. The number of carbonyl (C=O) groups is 2. The van der Waals surface area contributed by atoms with Crippen LogP contribution in [-0.4, -0.2) is 25.2 Å². The van der Waals surface area contributed by atoms with Gasteiger partial charge in [0.05, 0.1) is 24.4 Å². The molecular weight excluding hydrogens is 282 g/mol. The number of nitrogens with one attached hydrogen (secondary N) is 1. The summed E-state index contributed by atoms with van der Waals surface area (Å²) in [6.45, 7) is 4.22. The summed E-state index contributed by atoms with van der Waals surface area (Å²) in [7, 11) is 0. The molecule has 1 aliphatic carbocycles. The number of dihydropyridines is 1. The van der Waals surface area contributed by atoms with E-state index in [0.717, 1.165) is 25.7 Å². The highest BCUT2D eigenvalue weighted by Gasteiger charge is 2.38. The van der Waals surface area contributed by atoms with Crippen molar-refractivity contribution in [2.24, 2.45) is 11.8 Å². The molecule has 0 saturated heterocycles. The minimum atomic E-state index is -0.347. The predicted molar refractivity (Wildman–Crippen MR) is 82.6 cm³/mol. The Labute approximate surface area is 131 Å². The van der Waals surface area contributed by atoms with Gasteiger partial charge in [-0.1, -0.05) is 19.3 Å². The molecule has 5 heteroatoms. The van der Waals surface area contributed by atoms with Crippen LogP contribution in [0.25, 0.3) is 0 Å². The molecule has 0 aromatic heterocycles. The molecule has 1 N–H and O–H groups in total. The van der Waals surface area contributed by atoms with Crippen LogP contribution in [0.3, 0.4) is 0 Å². The van der Waals surface area contributed by atoms with Crippen molar-refractivity contribution >= 4 is 11.9 Å². The van der Waals surface area contributed by atoms with E-state index in [9.17, 15) is 9.59 Å². The van der Waals surface area contributed by atoms with Crippen LogP contribution in [-0.2, 0) is 19.1 Å². The van der Waals surface area contributed by atoms with E-state index in [0.29, 0.717) is 30.3 Å². The molecule has 0 aromatic rings. The molecule has 0 spiro atoms. The number of ether oxygens (including phenoxy) is 2. The molecule has 2 aliphatic rings. The van der Waals surface area contributed by atoms with E-state index >= 15 is 0 Å². The topological polar surface area (TPSA) is 64.6 Å². The monoisotopic (exact) mass is 307 g/mol. The highest BCUT2D eigenvalue weighted by molar-refractivity contribution is 5.96. The highest BCUT2D eigenvalue weighted by Crippen LogP contribution is 2.39. The van der Waals surface area contributed by atoms with E-state index in [4.69, 9.17) is 9.47 Å². The van der Waals surface area contributed by atoms with Gasteiger partial charge in [0.15, 0.2) is 0 Å². The van der Waals surface area contributed by atoms with Crippen LogP contribution >= 0.6 is 0 Å². The Bertz CT molecular complexity index is 441. The van der Waals surface area contributed by atoms with Crippen molar-refractivity contribution in [1.82, 2.24) is 5.32 Å². The minimum absolute atomic E-state index is 0.223. The molecule has 0 amide bonds.